The second-order valence-electron chi connectivity index (χ2n) is 2.62. The van der Waals surface area contributed by atoms with E-state index in [0.29, 0.717) is 6.61 Å². The van der Waals surface area contributed by atoms with Gasteiger partial charge < -0.3 is 4.52 Å². The fraction of sp³-hybridized carbons (Fsp3) is 1.00. The van der Waals surface area contributed by atoms with Crippen molar-refractivity contribution in [3.05, 3.63) is 0 Å². The third-order valence-electron chi connectivity index (χ3n) is 1.54. The zero-order chi connectivity index (χ0) is 8.53. The number of rotatable bonds is 7. The van der Waals surface area contributed by atoms with Gasteiger partial charge in [-0.3, -0.25) is 4.57 Å². The Balaban J connectivity index is 0. The van der Waals surface area contributed by atoms with Crippen molar-refractivity contribution in [1.82, 2.24) is 0 Å². The summed E-state index contributed by atoms with van der Waals surface area (Å²) in [5.41, 5.74) is 0. The molecule has 4 heteroatoms. The van der Waals surface area contributed by atoms with Gasteiger partial charge in [0.1, 0.15) is 0 Å². The Bertz CT molecular complexity index is 109. The van der Waals surface area contributed by atoms with Crippen LogP contribution < -0.4 is 0 Å². The van der Waals surface area contributed by atoms with Gasteiger partial charge in [0, 0.05) is 6.16 Å². The van der Waals surface area contributed by atoms with E-state index in [0.717, 1.165) is 12.6 Å². The van der Waals surface area contributed by atoms with Gasteiger partial charge >= 0.3 is 29.6 Å². The minimum absolute atomic E-state index is 0. The van der Waals surface area contributed by atoms with Gasteiger partial charge in [-0.2, -0.15) is 0 Å². The van der Waals surface area contributed by atoms with Crippen LogP contribution in [0.3, 0.4) is 0 Å². The van der Waals surface area contributed by atoms with Crippen LogP contribution in [0.15, 0.2) is 0 Å². The van der Waals surface area contributed by atoms with Gasteiger partial charge in [-0.05, 0) is 13.3 Å². The molecule has 0 amide bonds. The minimum atomic E-state index is -1.67. The van der Waals surface area contributed by atoms with E-state index in [1.807, 2.05) is 6.92 Å². The summed E-state index contributed by atoms with van der Waals surface area (Å²) in [7, 11) is -1.67. The molecule has 0 aliphatic carbocycles. The average molecular weight is 202 g/mol. The molecule has 0 radical (unpaired) electrons. The molecule has 1 atom stereocenters. The van der Waals surface area contributed by atoms with E-state index in [-0.39, 0.29) is 29.6 Å². The Hall–Kier alpha value is 1.19. The maximum atomic E-state index is 11.0. The summed E-state index contributed by atoms with van der Waals surface area (Å²) >= 11 is 0. The fourth-order valence-electron chi connectivity index (χ4n) is 0.929. The normalized spacial score (nSPS) is 12.2. The SMILES string of the molecule is CCCCCC[PH](=O)OCC.[NaH]. The second-order valence-corrected chi connectivity index (χ2v) is 4.15. The van der Waals surface area contributed by atoms with Gasteiger partial charge in [-0.15, -0.1) is 0 Å². The summed E-state index contributed by atoms with van der Waals surface area (Å²) in [6.45, 7) is 4.64. The molecule has 2 nitrogen and oxygen atoms in total. The summed E-state index contributed by atoms with van der Waals surface area (Å²) in [4.78, 5) is 0. The van der Waals surface area contributed by atoms with Crippen molar-refractivity contribution in [2.75, 3.05) is 12.8 Å². The Labute approximate surface area is 98.6 Å². The molecule has 1 unspecified atom stereocenters. The van der Waals surface area contributed by atoms with Gasteiger partial charge in [-0.25, -0.2) is 0 Å². The third-order valence-corrected chi connectivity index (χ3v) is 2.91. The Morgan fingerprint density at radius 1 is 1.17 bits per heavy atom. The van der Waals surface area contributed by atoms with Gasteiger partial charge in [0.2, 0.25) is 0 Å². The summed E-state index contributed by atoms with van der Waals surface area (Å²) in [6.07, 6.45) is 5.51. The van der Waals surface area contributed by atoms with Crippen molar-refractivity contribution in [3.8, 4) is 0 Å². The van der Waals surface area contributed by atoms with Crippen LogP contribution in [0.2, 0.25) is 0 Å². The van der Waals surface area contributed by atoms with Crippen molar-refractivity contribution in [3.63, 3.8) is 0 Å². The van der Waals surface area contributed by atoms with Crippen molar-refractivity contribution >= 4 is 37.6 Å². The maximum absolute atomic E-state index is 11.0. The predicted molar refractivity (Wildman–Crippen MR) is 56.8 cm³/mol. The van der Waals surface area contributed by atoms with Crippen LogP contribution in [-0.2, 0) is 9.09 Å². The standard InChI is InChI=1S/C8H19O2P.Na.H/c1-3-5-6-7-8-11(9)10-4-2;;/h11H,3-8H2,1-2H3;;. The molecular formula is C8H20NaO2P. The summed E-state index contributed by atoms with van der Waals surface area (Å²) < 4.78 is 15.9. The monoisotopic (exact) mass is 202 g/mol. The molecule has 0 aromatic rings. The van der Waals surface area contributed by atoms with E-state index in [1.165, 1.54) is 19.3 Å². The first-order chi connectivity index (χ1) is 5.31. The van der Waals surface area contributed by atoms with Crippen molar-refractivity contribution in [1.29, 1.82) is 0 Å². The molecule has 0 saturated carbocycles. The molecule has 0 fully saturated rings. The molecule has 0 N–H and O–H groups in total. The van der Waals surface area contributed by atoms with Crippen LogP contribution in [-0.4, -0.2) is 42.3 Å². The molecule has 0 aliphatic heterocycles. The van der Waals surface area contributed by atoms with Crippen molar-refractivity contribution < 1.29 is 9.09 Å². The Kier molecular flexibility index (Phi) is 15.9. The van der Waals surface area contributed by atoms with Crippen molar-refractivity contribution in [2.24, 2.45) is 0 Å². The molecule has 0 bridgehead atoms. The van der Waals surface area contributed by atoms with Crippen LogP contribution in [0.25, 0.3) is 0 Å². The first-order valence-corrected chi connectivity index (χ1v) is 5.99. The first kappa shape index (κ1) is 15.7. The second kappa shape index (κ2) is 12.2. The Morgan fingerprint density at radius 2 is 1.83 bits per heavy atom. The average Bonchev–Trinajstić information content (AvgIpc) is 1.99. The topological polar surface area (TPSA) is 26.3 Å². The molecule has 12 heavy (non-hydrogen) atoms. The zero-order valence-corrected chi connectivity index (χ0v) is 8.56. The molecule has 0 aromatic heterocycles. The third kappa shape index (κ3) is 11.2. The van der Waals surface area contributed by atoms with Gasteiger partial charge in [0.05, 0.1) is 6.61 Å². The van der Waals surface area contributed by atoms with Crippen LogP contribution in [0.5, 0.6) is 0 Å². The first-order valence-electron chi connectivity index (χ1n) is 4.46. The van der Waals surface area contributed by atoms with Crippen LogP contribution in [0, 0.1) is 0 Å². The predicted octanol–water partition coefficient (Wildman–Crippen LogP) is 2.43. The van der Waals surface area contributed by atoms with Crippen molar-refractivity contribution in [2.45, 2.75) is 39.5 Å². The molecule has 0 saturated heterocycles. The number of hydrogen-bond donors (Lipinski definition) is 0. The van der Waals surface area contributed by atoms with Crippen LogP contribution in [0.4, 0.5) is 0 Å². The van der Waals surface area contributed by atoms with E-state index >= 15 is 0 Å². The fourth-order valence-corrected chi connectivity index (χ4v) is 1.93. The molecule has 0 aliphatic rings. The van der Waals surface area contributed by atoms with E-state index in [4.69, 9.17) is 4.52 Å². The van der Waals surface area contributed by atoms with Gasteiger partial charge in [0.25, 0.3) is 0 Å². The summed E-state index contributed by atoms with van der Waals surface area (Å²) in [5, 5.41) is 0. The summed E-state index contributed by atoms with van der Waals surface area (Å²) in [5.74, 6) is 0. The van der Waals surface area contributed by atoms with E-state index in [9.17, 15) is 4.57 Å². The zero-order valence-electron chi connectivity index (χ0n) is 7.56. The summed E-state index contributed by atoms with van der Waals surface area (Å²) in [6, 6.07) is 0. The quantitative estimate of drug-likeness (QED) is 0.360. The molecule has 70 valence electrons. The van der Waals surface area contributed by atoms with Crippen LogP contribution in [0.1, 0.15) is 39.5 Å². The van der Waals surface area contributed by atoms with Gasteiger partial charge in [-0.1, -0.05) is 26.2 Å². The molecule has 0 rings (SSSR count). The van der Waals surface area contributed by atoms with E-state index in [1.54, 1.807) is 0 Å². The number of unbranched alkanes of at least 4 members (excludes halogenated alkanes) is 3. The Morgan fingerprint density at radius 3 is 2.33 bits per heavy atom. The van der Waals surface area contributed by atoms with E-state index < -0.39 is 8.03 Å². The molecule has 0 spiro atoms. The number of hydrogen-bond acceptors (Lipinski definition) is 2. The van der Waals surface area contributed by atoms with Crippen LogP contribution >= 0.6 is 8.03 Å². The molecule has 0 heterocycles. The molecular weight excluding hydrogens is 182 g/mol. The van der Waals surface area contributed by atoms with Gasteiger partial charge in [0.15, 0.2) is 8.03 Å². The molecule has 0 aromatic carbocycles. The van der Waals surface area contributed by atoms with E-state index in [2.05, 4.69) is 6.92 Å².